The smallest absolute Gasteiger partial charge is 0.337 e. The number of ether oxygens (including phenoxy) is 2. The van der Waals surface area contributed by atoms with E-state index in [0.29, 0.717) is 11.4 Å². The Kier molecular flexibility index (Phi) is 4.18. The van der Waals surface area contributed by atoms with Crippen molar-refractivity contribution in [2.45, 2.75) is 0 Å². The zero-order chi connectivity index (χ0) is 18.1. The van der Waals surface area contributed by atoms with Crippen LogP contribution in [0.4, 0.5) is 5.82 Å². The van der Waals surface area contributed by atoms with Gasteiger partial charge in [0.2, 0.25) is 5.88 Å². The number of carbonyl (C=O) groups is 1. The van der Waals surface area contributed by atoms with Crippen LogP contribution in [0, 0.1) is 0 Å². The molecule has 2 aromatic heterocycles. The van der Waals surface area contributed by atoms with Gasteiger partial charge in [-0.2, -0.15) is 9.06 Å². The Hall–Kier alpha value is -3.13. The number of methoxy groups -OCH3 is 2. The summed E-state index contributed by atoms with van der Waals surface area (Å²) in [7, 11) is 2.96. The van der Waals surface area contributed by atoms with Crippen LogP contribution in [0.5, 0.6) is 5.88 Å². The van der Waals surface area contributed by atoms with Crippen LogP contribution in [0.25, 0.3) is 18.0 Å². The molecule has 8 heteroatoms. The third-order valence-corrected chi connectivity index (χ3v) is 4.91. The van der Waals surface area contributed by atoms with Crippen molar-refractivity contribution < 1.29 is 14.3 Å². The molecule has 0 unspecified atom stereocenters. The summed E-state index contributed by atoms with van der Waals surface area (Å²) in [6.45, 7) is 0.719. The number of hydrogen-bond acceptors (Lipinski definition) is 7. The minimum atomic E-state index is -0.372. The van der Waals surface area contributed by atoms with Gasteiger partial charge in [0.25, 0.3) is 0 Å². The molecule has 1 aliphatic rings. The van der Waals surface area contributed by atoms with Crippen LogP contribution in [-0.4, -0.2) is 40.9 Å². The van der Waals surface area contributed by atoms with Crippen molar-refractivity contribution in [3.8, 4) is 11.6 Å². The number of hydrogen-bond donors (Lipinski definition) is 0. The predicted octanol–water partition coefficient (Wildman–Crippen LogP) is 1.16. The van der Waals surface area contributed by atoms with E-state index >= 15 is 0 Å². The maximum absolute atomic E-state index is 11.6. The second kappa shape index (κ2) is 6.64. The lowest BCUT2D eigenvalue weighted by atomic mass is 10.2. The molecule has 1 aliphatic heterocycles. The molecular formula is C18H16N4O3S. The standard InChI is InChI=1S/C18H16N4O3S/c1-24-17-9-16(21-8-7-15-13(11-21)10-19-26-15)20-22(17)14-5-3-12(4-6-14)18(23)25-2/h3-7,9-11H,8H2,1-2H3. The molecule has 0 fully saturated rings. The lowest BCUT2D eigenvalue weighted by Gasteiger charge is -2.16. The zero-order valence-corrected chi connectivity index (χ0v) is 15.1. The lowest BCUT2D eigenvalue weighted by Crippen LogP contribution is -2.32. The minimum Gasteiger partial charge on any atom is -0.481 e. The Morgan fingerprint density at radius 3 is 2.77 bits per heavy atom. The second-order valence-electron chi connectivity index (χ2n) is 5.63. The van der Waals surface area contributed by atoms with Crippen molar-refractivity contribution in [3.63, 3.8) is 0 Å². The molecule has 0 spiro atoms. The maximum Gasteiger partial charge on any atom is 0.337 e. The fourth-order valence-corrected chi connectivity index (χ4v) is 3.39. The van der Waals surface area contributed by atoms with Gasteiger partial charge in [-0.15, -0.1) is 5.10 Å². The minimum absolute atomic E-state index is 0.372. The number of benzene rings is 1. The van der Waals surface area contributed by atoms with E-state index in [-0.39, 0.29) is 5.97 Å². The molecule has 3 heterocycles. The highest BCUT2D eigenvalue weighted by Gasteiger charge is 2.16. The van der Waals surface area contributed by atoms with Crippen LogP contribution >= 0.6 is 11.5 Å². The third kappa shape index (κ3) is 2.84. The molecule has 4 rings (SSSR count). The van der Waals surface area contributed by atoms with Gasteiger partial charge in [0.05, 0.1) is 30.0 Å². The second-order valence-corrected chi connectivity index (χ2v) is 6.46. The van der Waals surface area contributed by atoms with Gasteiger partial charge < -0.3 is 14.4 Å². The topological polar surface area (TPSA) is 69.5 Å². The summed E-state index contributed by atoms with van der Waals surface area (Å²) in [5.41, 5.74) is 1.28. The quantitative estimate of drug-likeness (QED) is 0.644. The predicted molar refractivity (Wildman–Crippen MR) is 99.1 cm³/mol. The summed E-state index contributed by atoms with van der Waals surface area (Å²) in [6.07, 6.45) is 6.01. The Morgan fingerprint density at radius 2 is 2.04 bits per heavy atom. The first-order chi connectivity index (χ1) is 12.7. The molecular weight excluding hydrogens is 352 g/mol. The normalized spacial score (nSPS) is 12.8. The molecule has 26 heavy (non-hydrogen) atoms. The summed E-state index contributed by atoms with van der Waals surface area (Å²) in [4.78, 5) is 13.6. The van der Waals surface area contributed by atoms with Gasteiger partial charge in [-0.1, -0.05) is 0 Å². The van der Waals surface area contributed by atoms with Crippen molar-refractivity contribution in [2.24, 2.45) is 0 Å². The first kappa shape index (κ1) is 16.3. The Balaban J connectivity index is 1.69. The van der Waals surface area contributed by atoms with E-state index in [1.807, 2.05) is 23.4 Å². The van der Waals surface area contributed by atoms with Gasteiger partial charge >= 0.3 is 5.97 Å². The van der Waals surface area contributed by atoms with E-state index < -0.39 is 0 Å². The average Bonchev–Trinajstić information content (AvgIpc) is 3.33. The Bertz CT molecular complexity index is 1070. The largest absolute Gasteiger partial charge is 0.481 e. The van der Waals surface area contributed by atoms with Gasteiger partial charge in [0, 0.05) is 30.2 Å². The Labute approximate surface area is 153 Å². The summed E-state index contributed by atoms with van der Waals surface area (Å²) < 4.78 is 17.3. The fraction of sp³-hybridized carbons (Fsp3) is 0.167. The van der Waals surface area contributed by atoms with Crippen molar-refractivity contribution in [3.05, 3.63) is 51.8 Å². The zero-order valence-electron chi connectivity index (χ0n) is 14.2. The fourth-order valence-electron chi connectivity index (χ4n) is 2.75. The van der Waals surface area contributed by atoms with E-state index in [0.717, 1.165) is 23.3 Å². The number of esters is 1. The van der Waals surface area contributed by atoms with Gasteiger partial charge in [0.15, 0.2) is 5.82 Å². The van der Waals surface area contributed by atoms with Gasteiger partial charge in [-0.3, -0.25) is 0 Å². The van der Waals surface area contributed by atoms with Crippen LogP contribution in [0.15, 0.2) is 36.5 Å². The van der Waals surface area contributed by atoms with Crippen LogP contribution in [0.1, 0.15) is 10.4 Å². The summed E-state index contributed by atoms with van der Waals surface area (Å²) in [5.74, 6) is 1.00. The number of fused-ring (bicyclic) bond motifs is 1. The molecule has 3 aromatic rings. The van der Waals surface area contributed by atoms with Gasteiger partial charge in [-0.05, 0) is 41.9 Å². The number of nitrogens with zero attached hydrogens (tertiary/aromatic N) is 4. The molecule has 1 aromatic carbocycles. The summed E-state index contributed by atoms with van der Waals surface area (Å²) >= 11 is 1.49. The molecule has 0 atom stereocenters. The van der Waals surface area contributed by atoms with Crippen molar-refractivity contribution >= 4 is 35.6 Å². The number of aromatic nitrogens is 3. The van der Waals surface area contributed by atoms with E-state index in [2.05, 4.69) is 15.5 Å². The van der Waals surface area contributed by atoms with Crippen LogP contribution in [-0.2, 0) is 4.74 Å². The SMILES string of the molecule is COC(=O)c1ccc(-n2nc(N3C=c4cnsc4=CC3)cc2OC)cc1. The van der Waals surface area contributed by atoms with Crippen LogP contribution < -0.4 is 19.4 Å². The van der Waals surface area contributed by atoms with E-state index in [1.54, 1.807) is 36.1 Å². The van der Waals surface area contributed by atoms with E-state index in [4.69, 9.17) is 9.47 Å². The molecule has 0 saturated carbocycles. The van der Waals surface area contributed by atoms with Gasteiger partial charge in [-0.25, -0.2) is 4.79 Å². The summed E-state index contributed by atoms with van der Waals surface area (Å²) in [5, 5.41) is 5.74. The van der Waals surface area contributed by atoms with Crippen LogP contribution in [0.2, 0.25) is 0 Å². The monoisotopic (exact) mass is 368 g/mol. The highest BCUT2D eigenvalue weighted by atomic mass is 32.1. The molecule has 0 radical (unpaired) electrons. The first-order valence-electron chi connectivity index (χ1n) is 7.92. The van der Waals surface area contributed by atoms with E-state index in [9.17, 15) is 4.79 Å². The molecule has 0 saturated heterocycles. The highest BCUT2D eigenvalue weighted by Crippen LogP contribution is 2.25. The van der Waals surface area contributed by atoms with Crippen LogP contribution in [0.3, 0.4) is 0 Å². The number of anilines is 1. The Morgan fingerprint density at radius 1 is 1.23 bits per heavy atom. The number of carbonyl (C=O) groups excluding carboxylic acids is 1. The van der Waals surface area contributed by atoms with Gasteiger partial charge in [0.1, 0.15) is 0 Å². The molecule has 0 bridgehead atoms. The first-order valence-corrected chi connectivity index (χ1v) is 8.69. The van der Waals surface area contributed by atoms with Crippen molar-refractivity contribution in [1.82, 2.24) is 14.2 Å². The highest BCUT2D eigenvalue weighted by molar-refractivity contribution is 7.03. The molecule has 0 aliphatic carbocycles. The molecule has 0 amide bonds. The third-order valence-electron chi connectivity index (χ3n) is 4.10. The molecule has 0 N–H and O–H groups in total. The van der Waals surface area contributed by atoms with Crippen molar-refractivity contribution in [1.29, 1.82) is 0 Å². The average molecular weight is 368 g/mol. The summed E-state index contributed by atoms with van der Waals surface area (Å²) in [6, 6.07) is 8.89. The lowest BCUT2D eigenvalue weighted by molar-refractivity contribution is 0.0600. The van der Waals surface area contributed by atoms with Crippen molar-refractivity contribution in [2.75, 3.05) is 25.7 Å². The molecule has 7 nitrogen and oxygen atoms in total. The maximum atomic E-state index is 11.6. The molecule has 132 valence electrons. The van der Waals surface area contributed by atoms with E-state index in [1.165, 1.54) is 23.2 Å². The number of rotatable bonds is 4.